The second-order valence-electron chi connectivity index (χ2n) is 7.87. The average molecular weight is 425 g/mol. The molecule has 3 aromatic carbocycles. The Morgan fingerprint density at radius 2 is 1.59 bits per heavy atom. The van der Waals surface area contributed by atoms with Crippen LogP contribution >= 0.6 is 0 Å². The molecule has 5 nitrogen and oxygen atoms in total. The van der Waals surface area contributed by atoms with Crippen molar-refractivity contribution in [1.82, 2.24) is 4.98 Å². The SMILES string of the molecule is COC(=O)c1ccc(NC(=O)c2cc(-c3ccccc3C)nc3c(C)cc(C)cc23)cc1. The molecule has 0 aliphatic rings. The number of nitrogens with zero attached hydrogens (tertiary/aromatic N) is 1. The number of methoxy groups -OCH3 is 1. The summed E-state index contributed by atoms with van der Waals surface area (Å²) < 4.78 is 4.73. The molecule has 160 valence electrons. The Balaban J connectivity index is 1.80. The topological polar surface area (TPSA) is 68.3 Å². The van der Waals surface area contributed by atoms with Crippen LogP contribution in [0.15, 0.2) is 66.7 Å². The van der Waals surface area contributed by atoms with Gasteiger partial charge in [-0.1, -0.05) is 35.9 Å². The third-order valence-electron chi connectivity index (χ3n) is 5.48. The molecule has 0 spiro atoms. The number of fused-ring (bicyclic) bond motifs is 1. The van der Waals surface area contributed by atoms with Crippen LogP contribution in [0.1, 0.15) is 37.4 Å². The summed E-state index contributed by atoms with van der Waals surface area (Å²) in [5, 5.41) is 3.76. The Kier molecular flexibility index (Phi) is 5.73. The molecule has 0 bridgehead atoms. The fourth-order valence-corrected chi connectivity index (χ4v) is 3.87. The highest BCUT2D eigenvalue weighted by atomic mass is 16.5. The Morgan fingerprint density at radius 3 is 2.28 bits per heavy atom. The molecule has 4 rings (SSSR count). The second kappa shape index (κ2) is 8.63. The van der Waals surface area contributed by atoms with Gasteiger partial charge in [0.1, 0.15) is 0 Å². The smallest absolute Gasteiger partial charge is 0.337 e. The number of carbonyl (C=O) groups excluding carboxylic acids is 2. The van der Waals surface area contributed by atoms with Crippen LogP contribution in [0.2, 0.25) is 0 Å². The molecule has 5 heteroatoms. The number of nitrogens with one attached hydrogen (secondary N) is 1. The van der Waals surface area contributed by atoms with Gasteiger partial charge in [-0.25, -0.2) is 9.78 Å². The molecule has 0 unspecified atom stereocenters. The lowest BCUT2D eigenvalue weighted by Gasteiger charge is -2.14. The number of carbonyl (C=O) groups is 2. The molecule has 1 N–H and O–H groups in total. The maximum absolute atomic E-state index is 13.4. The number of amides is 1. The first kappa shape index (κ1) is 21.2. The number of pyridine rings is 1. The highest BCUT2D eigenvalue weighted by Crippen LogP contribution is 2.30. The molecule has 1 amide bonds. The number of anilines is 1. The van der Waals surface area contributed by atoms with Gasteiger partial charge in [0.25, 0.3) is 5.91 Å². The molecule has 0 aliphatic carbocycles. The van der Waals surface area contributed by atoms with E-state index in [1.807, 2.05) is 57.2 Å². The highest BCUT2D eigenvalue weighted by molar-refractivity contribution is 6.13. The van der Waals surface area contributed by atoms with Crippen molar-refractivity contribution in [1.29, 1.82) is 0 Å². The van der Waals surface area contributed by atoms with E-state index < -0.39 is 5.97 Å². The number of hydrogen-bond acceptors (Lipinski definition) is 4. The van der Waals surface area contributed by atoms with E-state index in [4.69, 9.17) is 9.72 Å². The zero-order valence-electron chi connectivity index (χ0n) is 18.5. The number of hydrogen-bond donors (Lipinski definition) is 1. The molecule has 32 heavy (non-hydrogen) atoms. The van der Waals surface area contributed by atoms with E-state index >= 15 is 0 Å². The van der Waals surface area contributed by atoms with Gasteiger partial charge in [-0.2, -0.15) is 0 Å². The van der Waals surface area contributed by atoms with Gasteiger partial charge in [-0.15, -0.1) is 0 Å². The van der Waals surface area contributed by atoms with Crippen molar-refractivity contribution in [2.45, 2.75) is 20.8 Å². The fraction of sp³-hybridized carbons (Fsp3) is 0.148. The van der Waals surface area contributed by atoms with Gasteiger partial charge in [0.15, 0.2) is 0 Å². The lowest BCUT2D eigenvalue weighted by atomic mass is 9.98. The predicted molar refractivity (Wildman–Crippen MR) is 127 cm³/mol. The normalized spacial score (nSPS) is 10.8. The van der Waals surface area contributed by atoms with Crippen LogP contribution in [0.3, 0.4) is 0 Å². The first-order valence-electron chi connectivity index (χ1n) is 10.3. The summed E-state index contributed by atoms with van der Waals surface area (Å²) in [5.74, 6) is -0.653. The maximum Gasteiger partial charge on any atom is 0.337 e. The standard InChI is InChI=1S/C27H24N2O3/c1-16-13-18(3)25-22(14-16)23(15-24(29-25)21-8-6-5-7-17(21)2)26(30)28-20-11-9-19(10-12-20)27(31)32-4/h5-15H,1-4H3,(H,28,30). The molecule has 0 atom stereocenters. The summed E-state index contributed by atoms with van der Waals surface area (Å²) in [6.45, 7) is 6.05. The van der Waals surface area contributed by atoms with Crippen LogP contribution in [-0.4, -0.2) is 24.0 Å². The molecule has 0 saturated carbocycles. The van der Waals surface area contributed by atoms with E-state index in [-0.39, 0.29) is 5.91 Å². The van der Waals surface area contributed by atoms with Crippen LogP contribution in [0.4, 0.5) is 5.69 Å². The number of aromatic nitrogens is 1. The minimum absolute atomic E-state index is 0.233. The van der Waals surface area contributed by atoms with Gasteiger partial charge in [0, 0.05) is 16.6 Å². The average Bonchev–Trinajstić information content (AvgIpc) is 2.79. The van der Waals surface area contributed by atoms with Crippen molar-refractivity contribution < 1.29 is 14.3 Å². The lowest BCUT2D eigenvalue weighted by molar-refractivity contribution is 0.0600. The van der Waals surface area contributed by atoms with Crippen LogP contribution in [0.5, 0.6) is 0 Å². The number of aryl methyl sites for hydroxylation is 3. The summed E-state index contributed by atoms with van der Waals surface area (Å²) in [7, 11) is 1.34. The Labute approximate surface area is 187 Å². The zero-order valence-corrected chi connectivity index (χ0v) is 18.5. The summed E-state index contributed by atoms with van der Waals surface area (Å²) in [4.78, 5) is 29.9. The molecular weight excluding hydrogens is 400 g/mol. The third-order valence-corrected chi connectivity index (χ3v) is 5.48. The van der Waals surface area contributed by atoms with Gasteiger partial charge in [0.2, 0.25) is 0 Å². The van der Waals surface area contributed by atoms with E-state index in [9.17, 15) is 9.59 Å². The number of esters is 1. The largest absolute Gasteiger partial charge is 0.465 e. The number of rotatable bonds is 4. The molecule has 0 radical (unpaired) electrons. The van der Waals surface area contributed by atoms with Gasteiger partial charge >= 0.3 is 5.97 Å². The summed E-state index contributed by atoms with van der Waals surface area (Å²) in [6, 6.07) is 20.5. The van der Waals surface area contributed by atoms with Crippen LogP contribution in [0, 0.1) is 20.8 Å². The van der Waals surface area contributed by atoms with Gasteiger partial charge in [-0.05, 0) is 68.3 Å². The zero-order chi connectivity index (χ0) is 22.8. The van der Waals surface area contributed by atoms with Gasteiger partial charge < -0.3 is 10.1 Å². The van der Waals surface area contributed by atoms with Crippen molar-refractivity contribution in [2.75, 3.05) is 12.4 Å². The van der Waals surface area contributed by atoms with Crippen molar-refractivity contribution in [3.8, 4) is 11.3 Å². The number of ether oxygens (including phenoxy) is 1. The molecule has 1 heterocycles. The van der Waals surface area contributed by atoms with E-state index in [0.717, 1.165) is 38.9 Å². The minimum Gasteiger partial charge on any atom is -0.465 e. The van der Waals surface area contributed by atoms with Gasteiger partial charge in [0.05, 0.1) is 29.4 Å². The predicted octanol–water partition coefficient (Wildman–Crippen LogP) is 5.87. The highest BCUT2D eigenvalue weighted by Gasteiger charge is 2.17. The maximum atomic E-state index is 13.4. The van der Waals surface area contributed by atoms with E-state index in [2.05, 4.69) is 11.4 Å². The molecule has 0 aliphatic heterocycles. The summed E-state index contributed by atoms with van der Waals surface area (Å²) >= 11 is 0. The lowest BCUT2D eigenvalue weighted by Crippen LogP contribution is -2.14. The Morgan fingerprint density at radius 1 is 0.875 bits per heavy atom. The van der Waals surface area contributed by atoms with Crippen molar-refractivity contribution in [3.63, 3.8) is 0 Å². The summed E-state index contributed by atoms with van der Waals surface area (Å²) in [6.07, 6.45) is 0. The summed E-state index contributed by atoms with van der Waals surface area (Å²) in [5.41, 5.74) is 7.30. The monoisotopic (exact) mass is 424 g/mol. The Hall–Kier alpha value is -3.99. The first-order chi connectivity index (χ1) is 15.4. The van der Waals surface area contributed by atoms with E-state index in [0.29, 0.717) is 16.8 Å². The number of benzene rings is 3. The van der Waals surface area contributed by atoms with Gasteiger partial charge in [-0.3, -0.25) is 4.79 Å². The second-order valence-corrected chi connectivity index (χ2v) is 7.87. The fourth-order valence-electron chi connectivity index (χ4n) is 3.87. The minimum atomic E-state index is -0.420. The first-order valence-corrected chi connectivity index (χ1v) is 10.3. The third kappa shape index (κ3) is 4.10. The van der Waals surface area contributed by atoms with E-state index in [1.165, 1.54) is 7.11 Å². The van der Waals surface area contributed by atoms with Crippen molar-refractivity contribution >= 4 is 28.5 Å². The Bertz CT molecular complexity index is 1340. The van der Waals surface area contributed by atoms with Crippen LogP contribution < -0.4 is 5.32 Å². The quantitative estimate of drug-likeness (QED) is 0.416. The van der Waals surface area contributed by atoms with Crippen LogP contribution in [0.25, 0.3) is 22.2 Å². The molecular formula is C27H24N2O3. The van der Waals surface area contributed by atoms with Crippen molar-refractivity contribution in [3.05, 3.63) is 94.5 Å². The molecule has 0 saturated heterocycles. The van der Waals surface area contributed by atoms with E-state index in [1.54, 1.807) is 24.3 Å². The molecule has 4 aromatic rings. The van der Waals surface area contributed by atoms with Crippen molar-refractivity contribution in [2.24, 2.45) is 0 Å². The molecule has 0 fully saturated rings. The molecule has 1 aromatic heterocycles. The van der Waals surface area contributed by atoms with Crippen LogP contribution in [-0.2, 0) is 4.74 Å².